The Morgan fingerprint density at radius 3 is 2.16 bits per heavy atom. The van der Waals surface area contributed by atoms with E-state index in [1.807, 2.05) is 0 Å². The maximum Gasteiger partial charge on any atom is 0.633 e. The van der Waals surface area contributed by atoms with Crippen molar-refractivity contribution in [2.45, 2.75) is 0 Å². The Kier molecular flexibility index (Phi) is 2.62. The molecule has 0 aliphatic carbocycles. The molecule has 0 saturated heterocycles. The minimum atomic E-state index is -1.58. The zero-order chi connectivity index (χ0) is 13.6. The fourth-order valence-corrected chi connectivity index (χ4v) is 1.79. The Balaban J connectivity index is 1.97. The maximum absolute atomic E-state index is 13.4. The van der Waals surface area contributed by atoms with Crippen molar-refractivity contribution in [1.29, 1.82) is 0 Å². The van der Waals surface area contributed by atoms with Crippen molar-refractivity contribution in [1.82, 2.24) is 0 Å². The van der Waals surface area contributed by atoms with Gasteiger partial charge in [0, 0.05) is 5.46 Å². The molecule has 3 rings (SSSR count). The molecule has 0 N–H and O–H groups in total. The van der Waals surface area contributed by atoms with E-state index < -0.39 is 30.4 Å². The van der Waals surface area contributed by atoms with Gasteiger partial charge in [0.2, 0.25) is 0 Å². The van der Waals surface area contributed by atoms with Gasteiger partial charge in [-0.25, -0.2) is 17.6 Å². The molecule has 1 aliphatic heterocycles. The normalized spacial score (nSPS) is 12.9. The summed E-state index contributed by atoms with van der Waals surface area (Å²) in [6, 6.07) is 5.51. The minimum Gasteiger partial charge on any atom is -0.519 e. The van der Waals surface area contributed by atoms with Crippen LogP contribution in [0.5, 0.6) is 11.5 Å². The lowest BCUT2D eigenvalue weighted by molar-refractivity contribution is 0.446. The maximum atomic E-state index is 13.4. The van der Waals surface area contributed by atoms with Crippen LogP contribution in [-0.4, -0.2) is 7.12 Å². The number of para-hydroxylation sites is 1. The number of hydrogen-bond donors (Lipinski definition) is 0. The van der Waals surface area contributed by atoms with Gasteiger partial charge in [0.15, 0.2) is 29.0 Å². The van der Waals surface area contributed by atoms with E-state index in [9.17, 15) is 17.6 Å². The van der Waals surface area contributed by atoms with Crippen molar-refractivity contribution in [3.8, 4) is 11.5 Å². The first kappa shape index (κ1) is 11.9. The summed E-state index contributed by atoms with van der Waals surface area (Å²) in [6.07, 6.45) is 0. The second kappa shape index (κ2) is 4.19. The van der Waals surface area contributed by atoms with Crippen molar-refractivity contribution in [3.05, 3.63) is 53.6 Å². The van der Waals surface area contributed by atoms with Crippen molar-refractivity contribution in [3.63, 3.8) is 0 Å². The topological polar surface area (TPSA) is 18.5 Å². The first-order valence-corrected chi connectivity index (χ1v) is 5.32. The van der Waals surface area contributed by atoms with Gasteiger partial charge in [-0.15, -0.1) is 0 Å². The first-order chi connectivity index (χ1) is 9.06. The molecule has 0 radical (unpaired) electrons. The highest BCUT2D eigenvalue weighted by Gasteiger charge is 2.37. The van der Waals surface area contributed by atoms with Crippen molar-refractivity contribution < 1.29 is 26.9 Å². The fraction of sp³-hybridized carbons (Fsp3) is 0. The van der Waals surface area contributed by atoms with E-state index in [0.717, 1.165) is 18.2 Å². The van der Waals surface area contributed by atoms with Crippen LogP contribution >= 0.6 is 0 Å². The van der Waals surface area contributed by atoms with Gasteiger partial charge in [-0.1, -0.05) is 6.07 Å². The van der Waals surface area contributed by atoms with Crippen LogP contribution in [-0.2, 0) is 0 Å². The van der Waals surface area contributed by atoms with Gasteiger partial charge >= 0.3 is 7.12 Å². The van der Waals surface area contributed by atoms with Crippen molar-refractivity contribution in [2.24, 2.45) is 0 Å². The minimum absolute atomic E-state index is 0.0769. The van der Waals surface area contributed by atoms with Gasteiger partial charge in [-0.3, -0.25) is 0 Å². The fourth-order valence-electron chi connectivity index (χ4n) is 1.79. The van der Waals surface area contributed by atoms with E-state index in [4.69, 9.17) is 9.31 Å². The van der Waals surface area contributed by atoms with E-state index in [1.165, 1.54) is 12.1 Å². The number of rotatable bonds is 1. The van der Waals surface area contributed by atoms with Gasteiger partial charge in [0.1, 0.15) is 5.75 Å². The van der Waals surface area contributed by atoms with Crippen molar-refractivity contribution in [2.75, 3.05) is 0 Å². The van der Waals surface area contributed by atoms with Crippen molar-refractivity contribution >= 4 is 12.6 Å². The molecule has 96 valence electrons. The highest BCUT2D eigenvalue weighted by molar-refractivity contribution is 6.63. The molecule has 2 aromatic rings. The summed E-state index contributed by atoms with van der Waals surface area (Å²) in [5.41, 5.74) is -0.0769. The van der Waals surface area contributed by atoms with Gasteiger partial charge in [0.05, 0.1) is 0 Å². The Labute approximate surface area is 105 Å². The summed E-state index contributed by atoms with van der Waals surface area (Å²) in [4.78, 5) is 0. The standard InChI is InChI=1S/C12H5BF4O2/c14-7-2-1-3-10-12(7)19-13(18-10)6-4-8(15)11(17)9(16)5-6/h1-5H. The van der Waals surface area contributed by atoms with E-state index in [2.05, 4.69) is 0 Å². The number of benzene rings is 2. The lowest BCUT2D eigenvalue weighted by Gasteiger charge is -2.06. The SMILES string of the molecule is Fc1cc(B2Oc3cccc(F)c3O2)cc(F)c1F. The number of halogens is 4. The average molecular weight is 268 g/mol. The second-order valence-corrected chi connectivity index (χ2v) is 3.93. The molecule has 7 heteroatoms. The lowest BCUT2D eigenvalue weighted by Crippen LogP contribution is -2.39. The molecule has 0 unspecified atom stereocenters. The van der Waals surface area contributed by atoms with Crippen LogP contribution in [0.3, 0.4) is 0 Å². The van der Waals surface area contributed by atoms with Gasteiger partial charge in [0.25, 0.3) is 0 Å². The molecular weight excluding hydrogens is 263 g/mol. The third-order valence-electron chi connectivity index (χ3n) is 2.67. The van der Waals surface area contributed by atoms with Crippen LogP contribution < -0.4 is 14.8 Å². The molecule has 1 heterocycles. The smallest absolute Gasteiger partial charge is 0.519 e. The average Bonchev–Trinajstić information content (AvgIpc) is 2.81. The molecule has 0 amide bonds. The summed E-state index contributed by atoms with van der Waals surface area (Å²) in [7, 11) is -1.21. The van der Waals surface area contributed by atoms with E-state index in [0.29, 0.717) is 0 Å². The first-order valence-electron chi connectivity index (χ1n) is 5.32. The molecule has 0 atom stereocenters. The van der Waals surface area contributed by atoms with Crippen LogP contribution in [0.4, 0.5) is 17.6 Å². The zero-order valence-electron chi connectivity index (χ0n) is 9.29. The molecule has 0 saturated carbocycles. The molecular formula is C12H5BF4O2. The van der Waals surface area contributed by atoms with Crippen LogP contribution in [0.1, 0.15) is 0 Å². The molecule has 2 aromatic carbocycles. The highest BCUT2D eigenvalue weighted by Crippen LogP contribution is 2.35. The molecule has 0 spiro atoms. The molecule has 0 fully saturated rings. The summed E-state index contributed by atoms with van der Waals surface area (Å²) >= 11 is 0. The van der Waals surface area contributed by atoms with Crippen LogP contribution in [0.2, 0.25) is 0 Å². The predicted octanol–water partition coefficient (Wildman–Crippen LogP) is 2.41. The lowest BCUT2D eigenvalue weighted by atomic mass is 9.79. The van der Waals surface area contributed by atoms with Crippen LogP contribution in [0.25, 0.3) is 0 Å². The Hall–Kier alpha value is -2.18. The summed E-state index contributed by atoms with van der Waals surface area (Å²) < 4.78 is 62.8. The number of hydrogen-bond acceptors (Lipinski definition) is 2. The van der Waals surface area contributed by atoms with Crippen LogP contribution in [0, 0.1) is 23.3 Å². The Morgan fingerprint density at radius 2 is 1.53 bits per heavy atom. The third kappa shape index (κ3) is 1.91. The summed E-state index contributed by atoms with van der Waals surface area (Å²) in [5, 5.41) is 0. The molecule has 1 aliphatic rings. The quantitative estimate of drug-likeness (QED) is 0.449. The molecule has 0 aromatic heterocycles. The monoisotopic (exact) mass is 268 g/mol. The third-order valence-corrected chi connectivity index (χ3v) is 2.67. The van der Waals surface area contributed by atoms with E-state index >= 15 is 0 Å². The van der Waals surface area contributed by atoms with E-state index in [1.54, 1.807) is 0 Å². The highest BCUT2D eigenvalue weighted by atomic mass is 19.2. The summed E-state index contributed by atoms with van der Waals surface area (Å²) in [6.45, 7) is 0. The largest absolute Gasteiger partial charge is 0.633 e. The van der Waals surface area contributed by atoms with Crippen LogP contribution in [0.15, 0.2) is 30.3 Å². The number of fused-ring (bicyclic) bond motifs is 1. The summed E-state index contributed by atoms with van der Waals surface area (Å²) in [5.74, 6) is -4.97. The van der Waals surface area contributed by atoms with E-state index in [-0.39, 0.29) is 17.0 Å². The molecule has 2 nitrogen and oxygen atoms in total. The molecule has 19 heavy (non-hydrogen) atoms. The predicted molar refractivity (Wildman–Crippen MR) is 59.4 cm³/mol. The van der Waals surface area contributed by atoms with Gasteiger partial charge in [-0.2, -0.15) is 0 Å². The van der Waals surface area contributed by atoms with Gasteiger partial charge < -0.3 is 9.31 Å². The zero-order valence-corrected chi connectivity index (χ0v) is 9.29. The molecule has 0 bridgehead atoms. The Morgan fingerprint density at radius 1 is 0.842 bits per heavy atom. The second-order valence-electron chi connectivity index (χ2n) is 3.93. The Bertz CT molecular complexity index is 639. The van der Waals surface area contributed by atoms with Gasteiger partial charge in [-0.05, 0) is 24.3 Å².